The van der Waals surface area contributed by atoms with E-state index < -0.39 is 24.4 Å². The average Bonchev–Trinajstić information content (AvgIpc) is 2.85. The average molecular weight is 303 g/mol. The molecule has 1 unspecified atom stereocenters. The molecule has 0 amide bonds. The summed E-state index contributed by atoms with van der Waals surface area (Å²) in [5.74, 6) is 0. The summed E-state index contributed by atoms with van der Waals surface area (Å²) < 4.78 is 5.61. The molecular weight excluding hydrogens is 278 g/mol. The summed E-state index contributed by atoms with van der Waals surface area (Å²) in [4.78, 5) is 4.49. The van der Waals surface area contributed by atoms with E-state index in [9.17, 15) is 10.2 Å². The van der Waals surface area contributed by atoms with E-state index in [0.29, 0.717) is 0 Å². The molecule has 0 aromatic rings. The molecule has 5 nitrogen and oxygen atoms in total. The molecule has 2 aliphatic rings. The quantitative estimate of drug-likeness (QED) is 0.618. The lowest BCUT2D eigenvalue weighted by Gasteiger charge is -2.37. The molecule has 0 saturated carbocycles. The van der Waals surface area contributed by atoms with Gasteiger partial charge >= 0.3 is 0 Å². The van der Waals surface area contributed by atoms with Gasteiger partial charge in [0, 0.05) is 0 Å². The maximum absolute atomic E-state index is 10.0. The number of hydrogen-bond donors (Lipinski definition) is 3. The second-order valence-electron chi connectivity index (χ2n) is 5.50. The predicted octanol–water partition coefficient (Wildman–Crippen LogP) is 1.30. The third-order valence-electron chi connectivity index (χ3n) is 3.89. The van der Waals surface area contributed by atoms with Gasteiger partial charge in [-0.25, -0.2) is 0 Å². The van der Waals surface area contributed by atoms with Gasteiger partial charge in [-0.3, -0.25) is 4.99 Å². The van der Waals surface area contributed by atoms with Gasteiger partial charge in [-0.15, -0.1) is 0 Å². The maximum Gasteiger partial charge on any atom is 0.134 e. The molecule has 0 bridgehead atoms. The highest BCUT2D eigenvalue weighted by Crippen LogP contribution is 2.37. The highest BCUT2D eigenvalue weighted by atomic mass is 32.2. The van der Waals surface area contributed by atoms with E-state index >= 15 is 0 Å². The van der Waals surface area contributed by atoms with E-state index in [2.05, 4.69) is 11.9 Å². The lowest BCUT2D eigenvalue weighted by molar-refractivity contribution is -0.164. The molecule has 0 radical (unpaired) electrons. The van der Waals surface area contributed by atoms with Gasteiger partial charge in [-0.1, -0.05) is 44.4 Å². The van der Waals surface area contributed by atoms with Gasteiger partial charge in [0.25, 0.3) is 0 Å². The lowest BCUT2D eigenvalue weighted by Crippen LogP contribution is -2.55. The maximum atomic E-state index is 10.0. The van der Waals surface area contributed by atoms with E-state index in [1.165, 1.54) is 37.4 Å². The highest BCUT2D eigenvalue weighted by molar-refractivity contribution is 8.14. The first kappa shape index (κ1) is 16.2. The number of hydrogen-bond acceptors (Lipinski definition) is 6. The van der Waals surface area contributed by atoms with Crippen LogP contribution in [0.2, 0.25) is 0 Å². The van der Waals surface area contributed by atoms with Crippen molar-refractivity contribution < 1.29 is 20.1 Å². The zero-order chi connectivity index (χ0) is 14.5. The molecule has 6 heteroatoms. The van der Waals surface area contributed by atoms with Gasteiger partial charge in [0.1, 0.15) is 29.8 Å². The monoisotopic (exact) mass is 303 g/mol. The van der Waals surface area contributed by atoms with Crippen LogP contribution in [0.1, 0.15) is 45.4 Å². The molecule has 116 valence electrons. The minimum absolute atomic E-state index is 0.267. The zero-order valence-corrected chi connectivity index (χ0v) is 12.8. The Hall–Kier alpha value is -0.140. The molecule has 5 atom stereocenters. The van der Waals surface area contributed by atoms with Gasteiger partial charge in [0.15, 0.2) is 0 Å². The number of rotatable bonds is 7. The zero-order valence-electron chi connectivity index (χ0n) is 11.9. The number of thioether (sulfide) groups is 1. The molecule has 2 rings (SSSR count). The summed E-state index contributed by atoms with van der Waals surface area (Å²) in [6.45, 7) is 1.91. The fraction of sp³-hybridized carbons (Fsp3) is 0.929. The SMILES string of the molecule is CCCCCCCC1=NC2[C@@H](O)[C@H](O)[C@@H](CO)O[C@H]2S1. The van der Waals surface area contributed by atoms with Crippen LogP contribution in [0.3, 0.4) is 0 Å². The second-order valence-corrected chi connectivity index (χ2v) is 6.67. The highest BCUT2D eigenvalue weighted by Gasteiger charge is 2.47. The van der Waals surface area contributed by atoms with Crippen molar-refractivity contribution >= 4 is 16.8 Å². The number of fused-ring (bicyclic) bond motifs is 1. The number of aliphatic hydroxyl groups excluding tert-OH is 3. The standard InChI is InChI=1S/C14H25NO4S/c1-2-3-4-5-6-7-10-15-11-13(18)12(17)9(8-16)19-14(11)20-10/h9,11-14,16-18H,2-8H2,1H3/t9-,11?,12-,13-,14+/m1/s1. The number of aliphatic hydroxyl groups is 3. The van der Waals surface area contributed by atoms with Crippen LogP contribution >= 0.6 is 11.8 Å². The Morgan fingerprint density at radius 3 is 2.60 bits per heavy atom. The van der Waals surface area contributed by atoms with E-state index in [-0.39, 0.29) is 12.0 Å². The van der Waals surface area contributed by atoms with Crippen molar-refractivity contribution in [1.29, 1.82) is 0 Å². The van der Waals surface area contributed by atoms with E-state index in [1.807, 2.05) is 0 Å². The summed E-state index contributed by atoms with van der Waals surface area (Å²) in [5, 5.41) is 30.0. The van der Waals surface area contributed by atoms with Crippen molar-refractivity contribution in [3.05, 3.63) is 0 Å². The first-order valence-electron chi connectivity index (χ1n) is 7.53. The number of aliphatic imine (C=N–C) groups is 1. The summed E-state index contributed by atoms with van der Waals surface area (Å²) in [6, 6.07) is -0.400. The minimum atomic E-state index is -1.06. The largest absolute Gasteiger partial charge is 0.394 e. The number of ether oxygens (including phenoxy) is 1. The first-order chi connectivity index (χ1) is 9.67. The second kappa shape index (κ2) is 7.75. The Balaban J connectivity index is 1.81. The van der Waals surface area contributed by atoms with Gasteiger partial charge in [0.2, 0.25) is 0 Å². The van der Waals surface area contributed by atoms with Crippen LogP contribution in [0, 0.1) is 0 Å². The molecule has 2 aliphatic heterocycles. The van der Waals surface area contributed by atoms with Gasteiger partial charge in [-0.05, 0) is 12.8 Å². The normalized spacial score (nSPS) is 36.8. The van der Waals surface area contributed by atoms with E-state index in [0.717, 1.165) is 17.9 Å². The summed E-state index contributed by atoms with van der Waals surface area (Å²) in [6.07, 6.45) is 4.27. The smallest absolute Gasteiger partial charge is 0.134 e. The van der Waals surface area contributed by atoms with Crippen LogP contribution in [-0.4, -0.2) is 56.8 Å². The molecule has 3 N–H and O–H groups in total. The summed E-state index contributed by atoms with van der Waals surface area (Å²) >= 11 is 1.53. The third-order valence-corrected chi connectivity index (χ3v) is 5.09. The Kier molecular flexibility index (Phi) is 6.29. The molecule has 0 aromatic carbocycles. The van der Waals surface area contributed by atoms with Crippen molar-refractivity contribution in [2.75, 3.05) is 6.61 Å². The molecule has 0 aliphatic carbocycles. The predicted molar refractivity (Wildman–Crippen MR) is 80.0 cm³/mol. The Morgan fingerprint density at radius 1 is 1.15 bits per heavy atom. The van der Waals surface area contributed by atoms with Crippen LogP contribution in [0.25, 0.3) is 0 Å². The first-order valence-corrected chi connectivity index (χ1v) is 8.41. The van der Waals surface area contributed by atoms with Crippen LogP contribution in [0.5, 0.6) is 0 Å². The summed E-state index contributed by atoms with van der Waals surface area (Å²) in [7, 11) is 0. The Labute approximate surface area is 124 Å². The third kappa shape index (κ3) is 3.74. The molecule has 2 heterocycles. The summed E-state index contributed by atoms with van der Waals surface area (Å²) in [5.41, 5.74) is -0.267. The van der Waals surface area contributed by atoms with Crippen molar-refractivity contribution in [2.24, 2.45) is 4.99 Å². The van der Waals surface area contributed by atoms with Gasteiger partial charge in [-0.2, -0.15) is 0 Å². The van der Waals surface area contributed by atoms with Crippen LogP contribution in [-0.2, 0) is 4.74 Å². The van der Waals surface area contributed by atoms with E-state index in [1.54, 1.807) is 0 Å². The van der Waals surface area contributed by atoms with Crippen LogP contribution in [0.4, 0.5) is 0 Å². The van der Waals surface area contributed by atoms with E-state index in [4.69, 9.17) is 9.84 Å². The van der Waals surface area contributed by atoms with Crippen molar-refractivity contribution in [3.8, 4) is 0 Å². The number of unbranched alkanes of at least 4 members (excludes halogenated alkanes) is 4. The Morgan fingerprint density at radius 2 is 1.90 bits per heavy atom. The van der Waals surface area contributed by atoms with Crippen LogP contribution in [0.15, 0.2) is 4.99 Å². The number of nitrogens with zero attached hydrogens (tertiary/aromatic N) is 1. The lowest BCUT2D eigenvalue weighted by atomic mass is 9.99. The van der Waals surface area contributed by atoms with Gasteiger partial charge in [0.05, 0.1) is 11.7 Å². The fourth-order valence-corrected chi connectivity index (χ4v) is 3.91. The topological polar surface area (TPSA) is 82.3 Å². The van der Waals surface area contributed by atoms with Crippen molar-refractivity contribution in [3.63, 3.8) is 0 Å². The van der Waals surface area contributed by atoms with Gasteiger partial charge < -0.3 is 20.1 Å². The molecule has 20 heavy (non-hydrogen) atoms. The molecular formula is C14H25NO4S. The van der Waals surface area contributed by atoms with Crippen LogP contribution < -0.4 is 0 Å². The molecule has 1 fully saturated rings. The fourth-order valence-electron chi connectivity index (χ4n) is 2.64. The minimum Gasteiger partial charge on any atom is -0.394 e. The van der Waals surface area contributed by atoms with Crippen molar-refractivity contribution in [2.45, 2.75) is 75.2 Å². The Bertz CT molecular complexity index is 339. The molecule has 1 saturated heterocycles. The molecule has 0 aromatic heterocycles. The van der Waals surface area contributed by atoms with Crippen molar-refractivity contribution in [1.82, 2.24) is 0 Å². The molecule has 0 spiro atoms.